The van der Waals surface area contributed by atoms with E-state index in [1.54, 1.807) is 0 Å². The Hall–Kier alpha value is -0.570. The van der Waals surface area contributed by atoms with E-state index in [-0.39, 0.29) is 17.9 Å². The number of ether oxygens (including phenoxy) is 1. The summed E-state index contributed by atoms with van der Waals surface area (Å²) in [6.07, 6.45) is 1.08. The Morgan fingerprint density at radius 2 is 2.08 bits per heavy atom. The van der Waals surface area contributed by atoms with Gasteiger partial charge >= 0.3 is 5.97 Å². The van der Waals surface area contributed by atoms with Crippen molar-refractivity contribution in [2.45, 2.75) is 33.2 Å². The molecule has 0 aromatic rings. The Balaban J connectivity index is 3.75. The van der Waals surface area contributed by atoms with Crippen molar-refractivity contribution in [3.63, 3.8) is 0 Å². The minimum absolute atomic E-state index is 0.0680. The van der Waals surface area contributed by atoms with Gasteiger partial charge < -0.3 is 10.1 Å². The number of esters is 1. The third-order valence-electron chi connectivity index (χ3n) is 2.04. The fourth-order valence-corrected chi connectivity index (χ4v) is 0.939. The number of hydrogen-bond donors (Lipinski definition) is 1. The van der Waals surface area contributed by atoms with Gasteiger partial charge in [-0.3, -0.25) is 4.79 Å². The Morgan fingerprint density at radius 3 is 2.50 bits per heavy atom. The molecule has 12 heavy (non-hydrogen) atoms. The molecule has 0 bridgehead atoms. The van der Waals surface area contributed by atoms with E-state index in [1.165, 1.54) is 7.11 Å². The Bertz CT molecular complexity index is 136. The molecule has 0 heterocycles. The van der Waals surface area contributed by atoms with Crippen LogP contribution in [-0.2, 0) is 9.53 Å². The van der Waals surface area contributed by atoms with E-state index in [9.17, 15) is 4.79 Å². The number of hydrogen-bond acceptors (Lipinski definition) is 3. The van der Waals surface area contributed by atoms with E-state index in [2.05, 4.69) is 17.0 Å². The van der Waals surface area contributed by atoms with Crippen LogP contribution in [0.2, 0.25) is 0 Å². The van der Waals surface area contributed by atoms with Crippen molar-refractivity contribution in [1.82, 2.24) is 5.32 Å². The molecule has 2 unspecified atom stereocenters. The van der Waals surface area contributed by atoms with Crippen molar-refractivity contribution in [2.75, 3.05) is 13.7 Å². The predicted octanol–water partition coefficient (Wildman–Crippen LogP) is 1.18. The molecule has 0 radical (unpaired) electrons. The minimum Gasteiger partial charge on any atom is -0.469 e. The normalized spacial score (nSPS) is 15.3. The number of nitrogens with one attached hydrogen (secondary N) is 1. The molecule has 3 nitrogen and oxygen atoms in total. The number of methoxy groups -OCH3 is 1. The summed E-state index contributed by atoms with van der Waals surface area (Å²) in [6.45, 7) is 6.92. The first-order valence-electron chi connectivity index (χ1n) is 4.44. The molecular weight excluding hydrogens is 154 g/mol. The molecule has 0 fully saturated rings. The van der Waals surface area contributed by atoms with Gasteiger partial charge in [-0.1, -0.05) is 13.8 Å². The lowest BCUT2D eigenvalue weighted by Gasteiger charge is -2.18. The zero-order valence-corrected chi connectivity index (χ0v) is 8.39. The summed E-state index contributed by atoms with van der Waals surface area (Å²) in [7, 11) is 1.42. The number of rotatable bonds is 5. The van der Waals surface area contributed by atoms with Crippen molar-refractivity contribution in [2.24, 2.45) is 5.92 Å². The fraction of sp³-hybridized carbons (Fsp3) is 0.889. The lowest BCUT2D eigenvalue weighted by atomic mass is 10.0. The average molecular weight is 173 g/mol. The van der Waals surface area contributed by atoms with Crippen LogP contribution in [0.15, 0.2) is 0 Å². The van der Waals surface area contributed by atoms with Gasteiger partial charge in [-0.15, -0.1) is 0 Å². The first kappa shape index (κ1) is 11.4. The number of carbonyl (C=O) groups is 1. The van der Waals surface area contributed by atoms with Gasteiger partial charge in [0.2, 0.25) is 0 Å². The van der Waals surface area contributed by atoms with Crippen LogP contribution in [0.1, 0.15) is 27.2 Å². The third-order valence-corrected chi connectivity index (χ3v) is 2.04. The maximum absolute atomic E-state index is 11.1. The number of carbonyl (C=O) groups excluding carboxylic acids is 1. The Kier molecular flexibility index (Phi) is 5.72. The first-order chi connectivity index (χ1) is 5.63. The lowest BCUT2D eigenvalue weighted by molar-refractivity contribution is -0.145. The second-order valence-corrected chi connectivity index (χ2v) is 3.05. The second kappa shape index (κ2) is 6.00. The van der Waals surface area contributed by atoms with E-state index < -0.39 is 0 Å². The van der Waals surface area contributed by atoms with Gasteiger partial charge in [-0.2, -0.15) is 0 Å². The van der Waals surface area contributed by atoms with Crippen LogP contribution in [-0.4, -0.2) is 25.7 Å². The van der Waals surface area contributed by atoms with Crippen LogP contribution >= 0.6 is 0 Å². The summed E-state index contributed by atoms with van der Waals surface area (Å²) in [5.41, 5.74) is 0. The summed E-state index contributed by atoms with van der Waals surface area (Å²) in [4.78, 5) is 11.1. The van der Waals surface area contributed by atoms with Gasteiger partial charge in [0, 0.05) is 6.04 Å². The van der Waals surface area contributed by atoms with Crippen molar-refractivity contribution in [3.05, 3.63) is 0 Å². The molecule has 0 aliphatic heterocycles. The Labute approximate surface area is 74.5 Å². The summed E-state index contributed by atoms with van der Waals surface area (Å²) in [5.74, 6) is -0.215. The summed E-state index contributed by atoms with van der Waals surface area (Å²) in [6, 6.07) is 0.192. The molecule has 72 valence electrons. The monoisotopic (exact) mass is 173 g/mol. The predicted molar refractivity (Wildman–Crippen MR) is 48.9 cm³/mol. The fourth-order valence-electron chi connectivity index (χ4n) is 0.939. The lowest BCUT2D eigenvalue weighted by Crippen LogP contribution is -2.37. The highest BCUT2D eigenvalue weighted by Gasteiger charge is 2.19. The Morgan fingerprint density at radius 1 is 1.50 bits per heavy atom. The molecule has 0 aromatic heterocycles. The van der Waals surface area contributed by atoms with Crippen molar-refractivity contribution in [1.29, 1.82) is 0 Å². The van der Waals surface area contributed by atoms with E-state index in [4.69, 9.17) is 0 Å². The second-order valence-electron chi connectivity index (χ2n) is 3.05. The minimum atomic E-state index is -0.147. The zero-order valence-electron chi connectivity index (χ0n) is 8.39. The molecule has 1 N–H and O–H groups in total. The topological polar surface area (TPSA) is 38.3 Å². The third kappa shape index (κ3) is 3.72. The van der Waals surface area contributed by atoms with E-state index in [0.717, 1.165) is 13.0 Å². The van der Waals surface area contributed by atoms with Gasteiger partial charge in [0.1, 0.15) is 0 Å². The molecule has 0 rings (SSSR count). The molecule has 0 saturated heterocycles. The molecule has 0 spiro atoms. The summed E-state index contributed by atoms with van der Waals surface area (Å²) in [5, 5.41) is 3.25. The SMILES string of the molecule is CCCNC(C)C(C)C(=O)OC. The standard InChI is InChI=1S/C9H19NO2/c1-5-6-10-8(3)7(2)9(11)12-4/h7-8,10H,5-6H2,1-4H3. The van der Waals surface area contributed by atoms with Gasteiger partial charge in [0.15, 0.2) is 0 Å². The first-order valence-corrected chi connectivity index (χ1v) is 4.44. The van der Waals surface area contributed by atoms with Crippen molar-refractivity contribution < 1.29 is 9.53 Å². The highest BCUT2D eigenvalue weighted by Crippen LogP contribution is 2.03. The molecule has 0 aliphatic rings. The van der Waals surface area contributed by atoms with Gasteiger partial charge in [-0.25, -0.2) is 0 Å². The van der Waals surface area contributed by atoms with E-state index >= 15 is 0 Å². The largest absolute Gasteiger partial charge is 0.469 e. The molecule has 0 saturated carbocycles. The van der Waals surface area contributed by atoms with Crippen LogP contribution in [0.3, 0.4) is 0 Å². The van der Waals surface area contributed by atoms with Gasteiger partial charge in [0.25, 0.3) is 0 Å². The summed E-state index contributed by atoms with van der Waals surface area (Å²) < 4.78 is 4.63. The van der Waals surface area contributed by atoms with Crippen LogP contribution in [0, 0.1) is 5.92 Å². The molecule has 0 aliphatic carbocycles. The molecular formula is C9H19NO2. The molecule has 0 amide bonds. The quantitative estimate of drug-likeness (QED) is 0.634. The molecule has 0 aromatic carbocycles. The maximum Gasteiger partial charge on any atom is 0.309 e. The highest BCUT2D eigenvalue weighted by atomic mass is 16.5. The summed E-state index contributed by atoms with van der Waals surface area (Å²) >= 11 is 0. The van der Waals surface area contributed by atoms with Crippen molar-refractivity contribution in [3.8, 4) is 0 Å². The van der Waals surface area contributed by atoms with E-state index in [0.29, 0.717) is 0 Å². The van der Waals surface area contributed by atoms with Crippen LogP contribution in [0.4, 0.5) is 0 Å². The van der Waals surface area contributed by atoms with Crippen molar-refractivity contribution >= 4 is 5.97 Å². The van der Waals surface area contributed by atoms with Crippen LogP contribution in [0.25, 0.3) is 0 Å². The van der Waals surface area contributed by atoms with Crippen LogP contribution in [0.5, 0.6) is 0 Å². The molecule has 2 atom stereocenters. The van der Waals surface area contributed by atoms with Gasteiger partial charge in [0.05, 0.1) is 13.0 Å². The zero-order chi connectivity index (χ0) is 9.56. The average Bonchev–Trinajstić information content (AvgIpc) is 2.11. The highest BCUT2D eigenvalue weighted by molar-refractivity contribution is 5.72. The van der Waals surface area contributed by atoms with Gasteiger partial charge in [-0.05, 0) is 19.9 Å². The maximum atomic E-state index is 11.1. The van der Waals surface area contributed by atoms with E-state index in [1.807, 2.05) is 13.8 Å². The molecule has 3 heteroatoms. The smallest absolute Gasteiger partial charge is 0.309 e. The van der Waals surface area contributed by atoms with Crippen LogP contribution < -0.4 is 5.32 Å².